The van der Waals surface area contributed by atoms with E-state index in [1.54, 1.807) is 0 Å². The molecule has 2 amide bonds. The first kappa shape index (κ1) is 24.5. The molecular formula is C25H38IN3O2. The van der Waals surface area contributed by atoms with Crippen molar-refractivity contribution in [1.82, 2.24) is 10.2 Å². The van der Waals surface area contributed by atoms with Gasteiger partial charge in [-0.2, -0.15) is 0 Å². The lowest BCUT2D eigenvalue weighted by Gasteiger charge is -2.40. The van der Waals surface area contributed by atoms with Crippen LogP contribution < -0.4 is 11.1 Å². The summed E-state index contributed by atoms with van der Waals surface area (Å²) < 4.78 is 0.944. The summed E-state index contributed by atoms with van der Waals surface area (Å²) in [5, 5.41) is 3.32. The van der Waals surface area contributed by atoms with Crippen molar-refractivity contribution < 1.29 is 9.59 Å². The number of benzene rings is 1. The summed E-state index contributed by atoms with van der Waals surface area (Å²) in [5.74, 6) is 0.0437. The van der Waals surface area contributed by atoms with E-state index in [1.165, 1.54) is 25.7 Å². The second-order valence-corrected chi connectivity index (χ2v) is 10.3. The van der Waals surface area contributed by atoms with Crippen LogP contribution in [0.5, 0.6) is 0 Å². The van der Waals surface area contributed by atoms with Crippen LogP contribution in [0, 0.1) is 3.57 Å². The molecular weight excluding hydrogens is 501 g/mol. The molecule has 2 aliphatic carbocycles. The van der Waals surface area contributed by atoms with Crippen molar-refractivity contribution in [3.63, 3.8) is 0 Å². The zero-order chi connectivity index (χ0) is 22.1. The first-order chi connectivity index (χ1) is 15.1. The Balaban J connectivity index is 1.87. The Bertz CT molecular complexity index is 714. The fraction of sp³-hybridized carbons (Fsp3) is 0.680. The highest BCUT2D eigenvalue weighted by Crippen LogP contribution is 2.29. The number of halogens is 1. The van der Waals surface area contributed by atoms with Gasteiger partial charge < -0.3 is 16.0 Å². The maximum atomic E-state index is 13.9. The van der Waals surface area contributed by atoms with Crippen LogP contribution in [0.1, 0.15) is 93.8 Å². The molecule has 0 spiro atoms. The summed E-state index contributed by atoms with van der Waals surface area (Å²) >= 11 is 2.24. The van der Waals surface area contributed by atoms with Gasteiger partial charge >= 0.3 is 0 Å². The van der Waals surface area contributed by atoms with Crippen LogP contribution in [0.25, 0.3) is 0 Å². The number of carbonyl (C=O) groups excluding carboxylic acids is 2. The first-order valence-electron chi connectivity index (χ1n) is 12.2. The lowest BCUT2D eigenvalue weighted by Crippen LogP contribution is -2.56. The number of carbonyl (C=O) groups is 2. The molecule has 1 atom stereocenters. The van der Waals surface area contributed by atoms with Crippen molar-refractivity contribution in [1.29, 1.82) is 0 Å². The molecule has 0 aromatic heterocycles. The standard InChI is InChI=1S/C25H38IN3O2/c26-22-16-8-7-15-21(22)25(31)29(20-13-5-2-6-14-20)23(17-9-10-18-27)24(30)28-19-11-3-1-4-12-19/h7-8,15-16,19-20,23H,1-6,9-14,17-18,27H2,(H,28,30). The Morgan fingerprint density at radius 1 is 1.00 bits per heavy atom. The van der Waals surface area contributed by atoms with Crippen LogP contribution in [0.4, 0.5) is 0 Å². The molecule has 2 fully saturated rings. The largest absolute Gasteiger partial charge is 0.352 e. The van der Waals surface area contributed by atoms with Gasteiger partial charge in [0.05, 0.1) is 5.56 Å². The summed E-state index contributed by atoms with van der Waals surface area (Å²) in [4.78, 5) is 29.4. The van der Waals surface area contributed by atoms with E-state index in [9.17, 15) is 9.59 Å². The topological polar surface area (TPSA) is 75.4 Å². The molecule has 2 aliphatic rings. The summed E-state index contributed by atoms with van der Waals surface area (Å²) in [7, 11) is 0. The highest BCUT2D eigenvalue weighted by molar-refractivity contribution is 14.1. The van der Waals surface area contributed by atoms with Gasteiger partial charge in [0.25, 0.3) is 5.91 Å². The average Bonchev–Trinajstić information content (AvgIpc) is 2.80. The minimum atomic E-state index is -0.417. The number of nitrogens with zero attached hydrogens (tertiary/aromatic N) is 1. The number of amides is 2. The van der Waals surface area contributed by atoms with Gasteiger partial charge in [-0.1, -0.05) is 50.7 Å². The van der Waals surface area contributed by atoms with Crippen LogP contribution >= 0.6 is 22.6 Å². The zero-order valence-electron chi connectivity index (χ0n) is 18.7. The number of rotatable bonds is 9. The molecule has 1 aromatic rings. The summed E-state index contributed by atoms with van der Waals surface area (Å²) in [6.45, 7) is 0.616. The zero-order valence-corrected chi connectivity index (χ0v) is 20.8. The molecule has 0 saturated heterocycles. The van der Waals surface area contributed by atoms with Crippen molar-refractivity contribution in [3.05, 3.63) is 33.4 Å². The molecule has 6 heteroatoms. The van der Waals surface area contributed by atoms with E-state index >= 15 is 0 Å². The Hall–Kier alpha value is -1.15. The molecule has 0 aliphatic heterocycles. The van der Waals surface area contributed by atoms with Crippen LogP contribution in [0.2, 0.25) is 0 Å². The normalized spacial score (nSPS) is 19.0. The molecule has 2 saturated carbocycles. The van der Waals surface area contributed by atoms with Crippen molar-refractivity contribution in [2.75, 3.05) is 6.54 Å². The molecule has 3 N–H and O–H groups in total. The Morgan fingerprint density at radius 3 is 2.29 bits per heavy atom. The van der Waals surface area contributed by atoms with Gasteiger partial charge in [0, 0.05) is 15.7 Å². The van der Waals surface area contributed by atoms with Crippen LogP contribution in [0.3, 0.4) is 0 Å². The molecule has 0 bridgehead atoms. The molecule has 5 nitrogen and oxygen atoms in total. The molecule has 0 radical (unpaired) electrons. The SMILES string of the molecule is NCCCCC(C(=O)NC1CCCCC1)N(C(=O)c1ccccc1I)C1CCCCC1. The number of nitrogens with one attached hydrogen (secondary N) is 1. The Morgan fingerprint density at radius 2 is 1.65 bits per heavy atom. The van der Waals surface area contributed by atoms with E-state index in [2.05, 4.69) is 27.9 Å². The van der Waals surface area contributed by atoms with E-state index in [1.807, 2.05) is 29.2 Å². The molecule has 1 aromatic carbocycles. The van der Waals surface area contributed by atoms with Crippen molar-refractivity contribution in [2.24, 2.45) is 5.73 Å². The number of nitrogens with two attached hydrogens (primary N) is 1. The van der Waals surface area contributed by atoms with E-state index < -0.39 is 6.04 Å². The number of hydrogen-bond donors (Lipinski definition) is 2. The highest BCUT2D eigenvalue weighted by atomic mass is 127. The molecule has 0 heterocycles. The van der Waals surface area contributed by atoms with Crippen molar-refractivity contribution >= 4 is 34.4 Å². The van der Waals surface area contributed by atoms with Gasteiger partial charge in [-0.25, -0.2) is 0 Å². The second-order valence-electron chi connectivity index (χ2n) is 9.13. The monoisotopic (exact) mass is 539 g/mol. The van der Waals surface area contributed by atoms with E-state index in [0.29, 0.717) is 18.5 Å². The lowest BCUT2D eigenvalue weighted by atomic mass is 9.90. The molecule has 31 heavy (non-hydrogen) atoms. The second kappa shape index (κ2) is 12.8. The summed E-state index contributed by atoms with van der Waals surface area (Å²) in [5.41, 5.74) is 6.46. The average molecular weight is 540 g/mol. The van der Waals surface area contributed by atoms with Crippen LogP contribution in [-0.2, 0) is 4.79 Å². The van der Waals surface area contributed by atoms with Crippen LogP contribution in [0.15, 0.2) is 24.3 Å². The van der Waals surface area contributed by atoms with Gasteiger partial charge in [0.2, 0.25) is 5.91 Å². The van der Waals surface area contributed by atoms with E-state index in [-0.39, 0.29) is 23.9 Å². The quantitative estimate of drug-likeness (QED) is 0.342. The van der Waals surface area contributed by atoms with Gasteiger partial charge in [0.15, 0.2) is 0 Å². The maximum absolute atomic E-state index is 13.9. The first-order valence-corrected chi connectivity index (χ1v) is 13.3. The third-order valence-corrected chi connectivity index (χ3v) is 7.77. The third-order valence-electron chi connectivity index (χ3n) is 6.83. The summed E-state index contributed by atoms with van der Waals surface area (Å²) in [6.07, 6.45) is 13.6. The minimum absolute atomic E-state index is 0.00782. The van der Waals surface area contributed by atoms with E-state index in [0.717, 1.165) is 54.9 Å². The number of unbranched alkanes of at least 4 members (excludes halogenated alkanes) is 1. The molecule has 3 rings (SSSR count). The van der Waals surface area contributed by atoms with Gasteiger partial charge in [-0.05, 0) is 86.2 Å². The Kier molecular flexibility index (Phi) is 10.1. The highest BCUT2D eigenvalue weighted by Gasteiger charge is 2.37. The van der Waals surface area contributed by atoms with E-state index in [4.69, 9.17) is 5.73 Å². The lowest BCUT2D eigenvalue weighted by molar-refractivity contribution is -0.128. The van der Waals surface area contributed by atoms with Crippen LogP contribution in [-0.4, -0.2) is 41.4 Å². The van der Waals surface area contributed by atoms with Gasteiger partial charge in [-0.3, -0.25) is 9.59 Å². The minimum Gasteiger partial charge on any atom is -0.352 e. The van der Waals surface area contributed by atoms with Gasteiger partial charge in [-0.15, -0.1) is 0 Å². The van der Waals surface area contributed by atoms with Crippen molar-refractivity contribution in [2.45, 2.75) is 102 Å². The fourth-order valence-corrected chi connectivity index (χ4v) is 5.74. The van der Waals surface area contributed by atoms with Crippen molar-refractivity contribution in [3.8, 4) is 0 Å². The maximum Gasteiger partial charge on any atom is 0.255 e. The third kappa shape index (κ3) is 6.91. The number of hydrogen-bond acceptors (Lipinski definition) is 3. The molecule has 1 unspecified atom stereocenters. The summed E-state index contributed by atoms with van der Waals surface area (Å²) in [6, 6.07) is 7.71. The fourth-order valence-electron chi connectivity index (χ4n) is 5.12. The predicted molar refractivity (Wildman–Crippen MR) is 134 cm³/mol. The van der Waals surface area contributed by atoms with Gasteiger partial charge in [0.1, 0.15) is 6.04 Å². The Labute approximate surface area is 201 Å². The molecule has 172 valence electrons. The smallest absolute Gasteiger partial charge is 0.255 e. The predicted octanol–water partition coefficient (Wildman–Crippen LogP) is 5.01.